The number of nitriles is 1. The number of halogens is 1. The lowest BCUT2D eigenvalue weighted by atomic mass is 10.1. The van der Waals surface area contributed by atoms with E-state index in [1.54, 1.807) is 0 Å². The SMILES string of the molecule is N#Cc1ccc2c(c1)c1ccccc1n2-c1ccc2[nH]c3ccc(Br)cc3c2c1. The molecule has 0 spiro atoms. The number of nitrogens with one attached hydrogen (secondary N) is 1. The summed E-state index contributed by atoms with van der Waals surface area (Å²) in [4.78, 5) is 3.50. The highest BCUT2D eigenvalue weighted by Gasteiger charge is 2.14. The Morgan fingerprint density at radius 1 is 0.724 bits per heavy atom. The van der Waals surface area contributed by atoms with Crippen molar-refractivity contribution in [2.75, 3.05) is 0 Å². The van der Waals surface area contributed by atoms with Crippen LogP contribution in [0.3, 0.4) is 0 Å². The van der Waals surface area contributed by atoms with Gasteiger partial charge in [0.2, 0.25) is 0 Å². The molecular formula is C25H14BrN3. The van der Waals surface area contributed by atoms with Gasteiger partial charge in [-0.3, -0.25) is 0 Å². The smallest absolute Gasteiger partial charge is 0.0991 e. The maximum atomic E-state index is 9.35. The van der Waals surface area contributed by atoms with Crippen molar-refractivity contribution in [2.45, 2.75) is 0 Å². The molecule has 6 rings (SSSR count). The van der Waals surface area contributed by atoms with Crippen LogP contribution in [0.1, 0.15) is 5.56 Å². The molecule has 4 heteroatoms. The fourth-order valence-electron chi connectivity index (χ4n) is 4.32. The Kier molecular flexibility index (Phi) is 3.38. The molecular weight excluding hydrogens is 422 g/mol. The van der Waals surface area contributed by atoms with E-state index in [-0.39, 0.29) is 0 Å². The van der Waals surface area contributed by atoms with Gasteiger partial charge in [0.25, 0.3) is 0 Å². The summed E-state index contributed by atoms with van der Waals surface area (Å²) in [5, 5.41) is 14.0. The second-order valence-electron chi connectivity index (χ2n) is 7.24. The van der Waals surface area contributed by atoms with E-state index in [0.29, 0.717) is 5.56 Å². The second kappa shape index (κ2) is 5.97. The van der Waals surface area contributed by atoms with Crippen molar-refractivity contribution < 1.29 is 0 Å². The third kappa shape index (κ3) is 2.35. The van der Waals surface area contributed by atoms with Gasteiger partial charge in [-0.15, -0.1) is 0 Å². The van der Waals surface area contributed by atoms with Crippen molar-refractivity contribution in [3.63, 3.8) is 0 Å². The fourth-order valence-corrected chi connectivity index (χ4v) is 4.68. The zero-order valence-corrected chi connectivity index (χ0v) is 16.9. The van der Waals surface area contributed by atoms with E-state index >= 15 is 0 Å². The minimum atomic E-state index is 0.678. The molecule has 0 bridgehead atoms. The van der Waals surface area contributed by atoms with Crippen LogP contribution in [0, 0.1) is 11.3 Å². The molecule has 0 fully saturated rings. The van der Waals surface area contributed by atoms with Crippen molar-refractivity contribution in [1.29, 1.82) is 5.26 Å². The number of aromatic nitrogens is 2. The molecule has 1 N–H and O–H groups in total. The highest BCUT2D eigenvalue weighted by atomic mass is 79.9. The average molecular weight is 436 g/mol. The summed E-state index contributed by atoms with van der Waals surface area (Å²) in [5.41, 5.74) is 6.27. The first kappa shape index (κ1) is 16.4. The van der Waals surface area contributed by atoms with E-state index in [2.05, 4.69) is 86.1 Å². The van der Waals surface area contributed by atoms with Crippen LogP contribution in [-0.2, 0) is 0 Å². The number of H-pyrrole nitrogens is 1. The molecule has 4 aromatic carbocycles. The molecule has 0 atom stereocenters. The molecule has 0 saturated carbocycles. The fraction of sp³-hybridized carbons (Fsp3) is 0. The summed E-state index contributed by atoms with van der Waals surface area (Å²) in [5.74, 6) is 0. The van der Waals surface area contributed by atoms with Gasteiger partial charge in [0.1, 0.15) is 0 Å². The van der Waals surface area contributed by atoms with Gasteiger partial charge in [-0.2, -0.15) is 5.26 Å². The van der Waals surface area contributed by atoms with Gasteiger partial charge in [0, 0.05) is 42.7 Å². The number of rotatable bonds is 1. The van der Waals surface area contributed by atoms with Crippen LogP contribution in [0.4, 0.5) is 0 Å². The van der Waals surface area contributed by atoms with Crippen LogP contribution in [0.2, 0.25) is 0 Å². The third-order valence-electron chi connectivity index (χ3n) is 5.60. The summed E-state index contributed by atoms with van der Waals surface area (Å²) < 4.78 is 3.35. The lowest BCUT2D eigenvalue weighted by Gasteiger charge is -2.08. The minimum absolute atomic E-state index is 0.678. The summed E-state index contributed by atoms with van der Waals surface area (Å²) in [6, 6.07) is 29.4. The highest BCUT2D eigenvalue weighted by molar-refractivity contribution is 9.10. The molecule has 6 aromatic rings. The first-order valence-corrected chi connectivity index (χ1v) is 10.2. The Hall–Kier alpha value is -3.55. The molecule has 0 aliphatic rings. The molecule has 0 unspecified atom stereocenters. The number of hydrogen-bond donors (Lipinski definition) is 1. The zero-order valence-electron chi connectivity index (χ0n) is 15.3. The molecule has 3 nitrogen and oxygen atoms in total. The van der Waals surface area contributed by atoms with Crippen molar-refractivity contribution in [3.8, 4) is 11.8 Å². The molecule has 0 amide bonds. The van der Waals surface area contributed by atoms with Crippen molar-refractivity contribution in [3.05, 3.63) is 88.9 Å². The van der Waals surface area contributed by atoms with E-state index in [0.717, 1.165) is 43.0 Å². The van der Waals surface area contributed by atoms with Crippen LogP contribution < -0.4 is 0 Å². The van der Waals surface area contributed by atoms with E-state index in [4.69, 9.17) is 0 Å². The van der Waals surface area contributed by atoms with Crippen molar-refractivity contribution in [2.24, 2.45) is 0 Å². The average Bonchev–Trinajstić information content (AvgIpc) is 3.28. The summed E-state index contributed by atoms with van der Waals surface area (Å²) in [6.45, 7) is 0. The van der Waals surface area contributed by atoms with E-state index in [1.807, 2.05) is 24.3 Å². The standard InChI is InChI=1S/C25H14BrN3/c26-16-6-8-22-19(12-16)20-13-17(7-9-23(20)28-22)29-24-4-2-1-3-18(24)21-11-15(14-27)5-10-25(21)29/h1-13,28H. The predicted molar refractivity (Wildman–Crippen MR) is 123 cm³/mol. The van der Waals surface area contributed by atoms with Gasteiger partial charge >= 0.3 is 0 Å². The molecule has 0 aliphatic carbocycles. The Labute approximate surface area is 174 Å². The van der Waals surface area contributed by atoms with Gasteiger partial charge < -0.3 is 9.55 Å². The lowest BCUT2D eigenvalue weighted by Crippen LogP contribution is -1.93. The first-order valence-electron chi connectivity index (χ1n) is 9.37. The quantitative estimate of drug-likeness (QED) is 0.295. The normalized spacial score (nSPS) is 11.6. The van der Waals surface area contributed by atoms with Gasteiger partial charge in [-0.25, -0.2) is 0 Å². The number of benzene rings is 4. The topological polar surface area (TPSA) is 44.5 Å². The van der Waals surface area contributed by atoms with Crippen molar-refractivity contribution in [1.82, 2.24) is 9.55 Å². The lowest BCUT2D eigenvalue weighted by molar-refractivity contribution is 1.19. The van der Waals surface area contributed by atoms with Crippen LogP contribution in [0.5, 0.6) is 0 Å². The first-order chi connectivity index (χ1) is 14.2. The van der Waals surface area contributed by atoms with Gasteiger partial charge in [0.05, 0.1) is 22.7 Å². The monoisotopic (exact) mass is 435 g/mol. The summed E-state index contributed by atoms with van der Waals surface area (Å²) in [7, 11) is 0. The van der Waals surface area contributed by atoms with E-state index in [1.165, 1.54) is 10.8 Å². The molecule has 2 aromatic heterocycles. The van der Waals surface area contributed by atoms with Crippen LogP contribution >= 0.6 is 15.9 Å². The molecule has 0 radical (unpaired) electrons. The van der Waals surface area contributed by atoms with Crippen LogP contribution in [0.15, 0.2) is 83.3 Å². The highest BCUT2D eigenvalue weighted by Crippen LogP contribution is 2.35. The zero-order chi connectivity index (χ0) is 19.5. The number of nitrogens with zero attached hydrogens (tertiary/aromatic N) is 2. The maximum Gasteiger partial charge on any atom is 0.0991 e. The summed E-state index contributed by atoms with van der Waals surface area (Å²) >= 11 is 3.59. The van der Waals surface area contributed by atoms with Crippen molar-refractivity contribution >= 4 is 59.5 Å². The number of hydrogen-bond acceptors (Lipinski definition) is 1. The molecule has 2 heterocycles. The number of fused-ring (bicyclic) bond motifs is 6. The van der Waals surface area contributed by atoms with Gasteiger partial charge in [-0.05, 0) is 60.7 Å². The summed E-state index contributed by atoms with van der Waals surface area (Å²) in [6.07, 6.45) is 0. The molecule has 0 saturated heterocycles. The van der Waals surface area contributed by atoms with Crippen LogP contribution in [-0.4, -0.2) is 9.55 Å². The Balaban J connectivity index is 1.73. The number of aromatic amines is 1. The van der Waals surface area contributed by atoms with Gasteiger partial charge in [0.15, 0.2) is 0 Å². The molecule has 29 heavy (non-hydrogen) atoms. The predicted octanol–water partition coefficient (Wildman–Crippen LogP) is 7.05. The second-order valence-corrected chi connectivity index (χ2v) is 8.16. The Morgan fingerprint density at radius 3 is 2.34 bits per heavy atom. The molecule has 0 aliphatic heterocycles. The van der Waals surface area contributed by atoms with E-state index < -0.39 is 0 Å². The Morgan fingerprint density at radius 2 is 1.48 bits per heavy atom. The van der Waals surface area contributed by atoms with Crippen LogP contribution in [0.25, 0.3) is 49.3 Å². The number of para-hydroxylation sites is 1. The largest absolute Gasteiger partial charge is 0.355 e. The van der Waals surface area contributed by atoms with E-state index in [9.17, 15) is 5.26 Å². The van der Waals surface area contributed by atoms with Gasteiger partial charge in [-0.1, -0.05) is 34.1 Å². The minimum Gasteiger partial charge on any atom is -0.355 e. The third-order valence-corrected chi connectivity index (χ3v) is 6.10. The molecule has 136 valence electrons. The maximum absolute atomic E-state index is 9.35. The Bertz CT molecular complexity index is 1630.